The molecule has 8 heteroatoms. The molecule has 144 valence electrons. The van der Waals surface area contributed by atoms with Gasteiger partial charge in [0.1, 0.15) is 18.2 Å². The van der Waals surface area contributed by atoms with Crippen LogP contribution in [0.15, 0.2) is 35.5 Å². The Morgan fingerprint density at radius 2 is 1.92 bits per heavy atom. The van der Waals surface area contributed by atoms with Gasteiger partial charge in [0, 0.05) is 0 Å². The second kappa shape index (κ2) is 10.7. The van der Waals surface area contributed by atoms with Gasteiger partial charge in [-0.05, 0) is 39.2 Å². The fraction of sp³-hybridized carbons (Fsp3) is 0.500. The molecule has 1 aromatic rings. The van der Waals surface area contributed by atoms with Gasteiger partial charge in [-0.15, -0.1) is 11.6 Å². The maximum atomic E-state index is 11.7. The maximum Gasteiger partial charge on any atom is 0.408 e. The summed E-state index contributed by atoms with van der Waals surface area (Å²) in [4.78, 5) is 28.3. The Morgan fingerprint density at radius 3 is 2.46 bits per heavy atom. The van der Waals surface area contributed by atoms with Gasteiger partial charge in [0.05, 0.1) is 11.6 Å². The number of rotatable bonds is 9. The van der Waals surface area contributed by atoms with E-state index in [4.69, 9.17) is 21.2 Å². The molecule has 7 nitrogen and oxygen atoms in total. The number of carbonyl (C=O) groups is 2. The summed E-state index contributed by atoms with van der Waals surface area (Å²) < 4.78 is 5.07. The highest BCUT2D eigenvalue weighted by Gasteiger charge is 2.24. The second-order valence-corrected chi connectivity index (χ2v) is 6.89. The minimum Gasteiger partial charge on any atom is -0.480 e. The van der Waals surface area contributed by atoms with Crippen LogP contribution in [0.2, 0.25) is 0 Å². The first kappa shape index (κ1) is 21.8. The third-order valence-corrected chi connectivity index (χ3v) is 3.44. The highest BCUT2D eigenvalue weighted by molar-refractivity contribution is 6.28. The second-order valence-electron chi connectivity index (χ2n) is 6.63. The summed E-state index contributed by atoms with van der Waals surface area (Å²) in [5, 5.41) is 15.5. The van der Waals surface area contributed by atoms with Gasteiger partial charge in [0.25, 0.3) is 0 Å². The summed E-state index contributed by atoms with van der Waals surface area (Å²) in [5.74, 6) is -1.05. The van der Waals surface area contributed by atoms with Crippen LogP contribution in [0.25, 0.3) is 0 Å². The lowest BCUT2D eigenvalue weighted by Gasteiger charge is -2.22. The van der Waals surface area contributed by atoms with E-state index in [-0.39, 0.29) is 18.7 Å². The molecule has 1 aromatic carbocycles. The number of aliphatic carboxylic acids is 1. The Morgan fingerprint density at radius 1 is 1.27 bits per heavy atom. The minimum absolute atomic E-state index is 0.105. The number of carboxylic acids is 1. The number of hydrogen-bond donors (Lipinski definition) is 2. The van der Waals surface area contributed by atoms with Crippen molar-refractivity contribution < 1.29 is 24.3 Å². The molecule has 0 fully saturated rings. The Labute approximate surface area is 158 Å². The Kier molecular flexibility index (Phi) is 8.92. The van der Waals surface area contributed by atoms with Gasteiger partial charge in [-0.2, -0.15) is 0 Å². The molecule has 1 atom stereocenters. The summed E-state index contributed by atoms with van der Waals surface area (Å²) in [7, 11) is 0. The third kappa shape index (κ3) is 9.27. The number of nitrogens with zero attached hydrogens (tertiary/aromatic N) is 1. The van der Waals surface area contributed by atoms with Crippen LogP contribution in [0, 0.1) is 0 Å². The molecular formula is C18H25ClN2O5. The lowest BCUT2D eigenvalue weighted by Crippen LogP contribution is -2.43. The van der Waals surface area contributed by atoms with Crippen molar-refractivity contribution in [3.8, 4) is 0 Å². The molecule has 0 aromatic heterocycles. The number of ether oxygens (including phenoxy) is 1. The van der Waals surface area contributed by atoms with Gasteiger partial charge in [-0.25, -0.2) is 9.59 Å². The molecule has 0 heterocycles. The highest BCUT2D eigenvalue weighted by atomic mass is 35.5. The summed E-state index contributed by atoms with van der Waals surface area (Å²) >= 11 is 5.83. The topological polar surface area (TPSA) is 97.2 Å². The highest BCUT2D eigenvalue weighted by Crippen LogP contribution is 2.09. The van der Waals surface area contributed by atoms with Gasteiger partial charge in [-0.1, -0.05) is 35.5 Å². The van der Waals surface area contributed by atoms with Crippen LogP contribution in [0.1, 0.15) is 39.2 Å². The summed E-state index contributed by atoms with van der Waals surface area (Å²) in [5.41, 5.74) is 0.751. The molecule has 0 aliphatic heterocycles. The van der Waals surface area contributed by atoms with Crippen LogP contribution < -0.4 is 5.32 Å². The number of oxime groups is 1. The minimum atomic E-state index is -1.16. The number of nitrogens with one attached hydrogen (secondary N) is 1. The van der Waals surface area contributed by atoms with Gasteiger partial charge in [-0.3, -0.25) is 0 Å². The number of alkyl carbamates (subject to hydrolysis) is 1. The predicted molar refractivity (Wildman–Crippen MR) is 99.4 cm³/mol. The lowest BCUT2D eigenvalue weighted by molar-refractivity contribution is -0.139. The van der Waals surface area contributed by atoms with Gasteiger partial charge < -0.3 is 20.0 Å². The summed E-state index contributed by atoms with van der Waals surface area (Å²) in [6, 6.07) is 8.39. The zero-order valence-electron chi connectivity index (χ0n) is 15.2. The SMILES string of the molecule is CC(C)(C)OC(=O)N[C@@H](CCC(CCl)=NOCc1ccccc1)C(=O)O. The molecule has 0 bridgehead atoms. The van der Waals surface area contributed by atoms with Crippen molar-refractivity contribution in [2.45, 2.75) is 51.9 Å². The zero-order chi connectivity index (χ0) is 19.6. The third-order valence-electron chi connectivity index (χ3n) is 3.13. The van der Waals surface area contributed by atoms with Crippen LogP contribution >= 0.6 is 11.6 Å². The van der Waals surface area contributed by atoms with Gasteiger partial charge in [0.2, 0.25) is 0 Å². The number of hydrogen-bond acceptors (Lipinski definition) is 5. The molecule has 0 radical (unpaired) electrons. The number of alkyl halides is 1. The Bertz CT molecular complexity index is 614. The Balaban J connectivity index is 2.52. The molecule has 1 amide bonds. The maximum absolute atomic E-state index is 11.7. The number of benzene rings is 1. The molecule has 0 spiro atoms. The van der Waals surface area contributed by atoms with E-state index in [0.29, 0.717) is 12.3 Å². The van der Waals surface area contributed by atoms with Crippen LogP contribution in [-0.2, 0) is 21.0 Å². The average Bonchev–Trinajstić information content (AvgIpc) is 2.55. The van der Waals surface area contributed by atoms with Crippen molar-refractivity contribution in [2.24, 2.45) is 5.16 Å². The van der Waals surface area contributed by atoms with Crippen LogP contribution in [0.4, 0.5) is 4.79 Å². The van der Waals surface area contributed by atoms with Gasteiger partial charge >= 0.3 is 12.1 Å². The fourth-order valence-electron chi connectivity index (χ4n) is 1.93. The van der Waals surface area contributed by atoms with Crippen molar-refractivity contribution in [1.82, 2.24) is 5.32 Å². The summed E-state index contributed by atoms with van der Waals surface area (Å²) in [6.07, 6.45) is -0.394. The van der Waals surface area contributed by atoms with E-state index in [9.17, 15) is 14.7 Å². The molecular weight excluding hydrogens is 360 g/mol. The van der Waals surface area contributed by atoms with E-state index in [2.05, 4.69) is 10.5 Å². The van der Waals surface area contributed by atoms with Crippen molar-refractivity contribution in [3.05, 3.63) is 35.9 Å². The van der Waals surface area contributed by atoms with Crippen molar-refractivity contribution >= 4 is 29.4 Å². The summed E-state index contributed by atoms with van der Waals surface area (Å²) in [6.45, 7) is 5.39. The first-order chi connectivity index (χ1) is 12.2. The molecule has 0 saturated heterocycles. The van der Waals surface area contributed by atoms with Crippen LogP contribution in [-0.4, -0.2) is 40.4 Å². The largest absolute Gasteiger partial charge is 0.480 e. The molecule has 0 saturated carbocycles. The van der Waals surface area contributed by atoms with Gasteiger partial charge in [0.15, 0.2) is 0 Å². The standard InChI is InChI=1S/C18H25ClN2O5/c1-18(2,3)26-17(24)20-15(16(22)23)10-9-14(11-19)21-25-12-13-7-5-4-6-8-13/h4-8,15H,9-12H2,1-3H3,(H,20,24)(H,22,23)/t15-/m0/s1. The zero-order valence-corrected chi connectivity index (χ0v) is 16.0. The fourth-order valence-corrected chi connectivity index (χ4v) is 2.11. The van der Waals surface area contributed by atoms with Crippen molar-refractivity contribution in [3.63, 3.8) is 0 Å². The van der Waals surface area contributed by atoms with Crippen molar-refractivity contribution in [1.29, 1.82) is 0 Å². The predicted octanol–water partition coefficient (Wildman–Crippen LogP) is 3.56. The monoisotopic (exact) mass is 384 g/mol. The average molecular weight is 385 g/mol. The smallest absolute Gasteiger partial charge is 0.408 e. The van der Waals surface area contributed by atoms with E-state index in [1.807, 2.05) is 30.3 Å². The molecule has 0 unspecified atom stereocenters. The quantitative estimate of drug-likeness (QED) is 0.385. The van der Waals surface area contributed by atoms with E-state index in [1.54, 1.807) is 20.8 Å². The molecule has 0 aliphatic rings. The molecule has 0 aliphatic carbocycles. The lowest BCUT2D eigenvalue weighted by atomic mass is 10.1. The Hall–Kier alpha value is -2.28. The number of carbonyl (C=O) groups excluding carboxylic acids is 1. The van der Waals surface area contributed by atoms with E-state index >= 15 is 0 Å². The first-order valence-corrected chi connectivity index (χ1v) is 8.74. The normalized spacial score (nSPS) is 13.0. The van der Waals surface area contributed by atoms with Crippen LogP contribution in [0.5, 0.6) is 0 Å². The van der Waals surface area contributed by atoms with Crippen LogP contribution in [0.3, 0.4) is 0 Å². The molecule has 2 N–H and O–H groups in total. The number of halogens is 1. The van der Waals surface area contributed by atoms with E-state index < -0.39 is 23.7 Å². The van der Waals surface area contributed by atoms with Crippen molar-refractivity contribution in [2.75, 3.05) is 5.88 Å². The molecule has 1 rings (SSSR count). The number of amides is 1. The van der Waals surface area contributed by atoms with E-state index in [0.717, 1.165) is 5.56 Å². The molecule has 26 heavy (non-hydrogen) atoms. The van der Waals surface area contributed by atoms with E-state index in [1.165, 1.54) is 0 Å². The first-order valence-electron chi connectivity index (χ1n) is 8.21. The number of carboxylic acid groups (broad SMARTS) is 1.